The molecule has 0 aliphatic heterocycles. The lowest BCUT2D eigenvalue weighted by Crippen LogP contribution is -2.11. The first-order chi connectivity index (χ1) is 7.00. The predicted octanol–water partition coefficient (Wildman–Crippen LogP) is 2.59. The summed E-state index contributed by atoms with van der Waals surface area (Å²) < 4.78 is 0. The van der Waals surface area contributed by atoms with Gasteiger partial charge in [-0.25, -0.2) is 4.98 Å². The van der Waals surface area contributed by atoms with Crippen molar-refractivity contribution in [3.05, 3.63) is 26.6 Å². The molecule has 0 aliphatic carbocycles. The van der Waals surface area contributed by atoms with E-state index in [0.717, 1.165) is 20.7 Å². The molecule has 0 amide bonds. The Morgan fingerprint density at radius 2 is 2.13 bits per heavy atom. The van der Waals surface area contributed by atoms with Gasteiger partial charge in [0.15, 0.2) is 0 Å². The third-order valence-electron chi connectivity index (χ3n) is 2.45. The molecule has 0 radical (unpaired) electrons. The van der Waals surface area contributed by atoms with Gasteiger partial charge in [0.05, 0.1) is 10.6 Å². The summed E-state index contributed by atoms with van der Waals surface area (Å²) in [6.45, 7) is 5.85. The third kappa shape index (κ3) is 1.70. The maximum absolute atomic E-state index is 11.8. The lowest BCUT2D eigenvalue weighted by molar-refractivity contribution is 0.932. The molecule has 2 heterocycles. The smallest absolute Gasteiger partial charge is 0.259 e. The summed E-state index contributed by atoms with van der Waals surface area (Å²) in [5.74, 6) is 0.636. The summed E-state index contributed by atoms with van der Waals surface area (Å²) in [6, 6.07) is 0. The van der Waals surface area contributed by atoms with Crippen LogP contribution in [-0.4, -0.2) is 9.97 Å². The number of H-pyrrole nitrogens is 1. The van der Waals surface area contributed by atoms with E-state index in [9.17, 15) is 4.79 Å². The molecular formula is C10H12N2OS2. The maximum atomic E-state index is 11.8. The van der Waals surface area contributed by atoms with E-state index in [1.165, 1.54) is 0 Å². The summed E-state index contributed by atoms with van der Waals surface area (Å²) in [5, 5.41) is 0.667. The van der Waals surface area contributed by atoms with Gasteiger partial charge in [0, 0.05) is 4.88 Å². The van der Waals surface area contributed by atoms with Gasteiger partial charge in [0.2, 0.25) is 0 Å². The number of fused-ring (bicyclic) bond motifs is 1. The number of aromatic nitrogens is 2. The monoisotopic (exact) mass is 240 g/mol. The lowest BCUT2D eigenvalue weighted by Gasteiger charge is -2.02. The summed E-state index contributed by atoms with van der Waals surface area (Å²) in [6.07, 6.45) is 0. The van der Waals surface area contributed by atoms with E-state index >= 15 is 0 Å². The summed E-state index contributed by atoms with van der Waals surface area (Å²) in [7, 11) is 0. The van der Waals surface area contributed by atoms with Crippen LogP contribution in [0.4, 0.5) is 0 Å². The van der Waals surface area contributed by atoms with Crippen LogP contribution in [0.25, 0.3) is 10.2 Å². The Morgan fingerprint density at radius 3 is 2.73 bits per heavy atom. The van der Waals surface area contributed by atoms with Crippen molar-refractivity contribution in [2.75, 3.05) is 0 Å². The second-order valence-corrected chi connectivity index (χ2v) is 5.57. The molecule has 1 unspecified atom stereocenters. The van der Waals surface area contributed by atoms with Gasteiger partial charge in [0.25, 0.3) is 5.56 Å². The van der Waals surface area contributed by atoms with Crippen LogP contribution < -0.4 is 5.56 Å². The number of rotatable bonds is 1. The molecule has 3 nitrogen and oxygen atoms in total. The minimum Gasteiger partial charge on any atom is -0.309 e. The van der Waals surface area contributed by atoms with Gasteiger partial charge in [-0.15, -0.1) is 11.3 Å². The Kier molecular flexibility index (Phi) is 2.60. The topological polar surface area (TPSA) is 45.8 Å². The van der Waals surface area contributed by atoms with E-state index in [1.54, 1.807) is 11.3 Å². The fraction of sp³-hybridized carbons (Fsp3) is 0.400. The van der Waals surface area contributed by atoms with Crippen molar-refractivity contribution in [1.82, 2.24) is 9.97 Å². The standard InChI is InChI=1S/C10H12N2OS2/c1-4-6(3)15-10-7(4)9(13)11-8(12-10)5(2)14/h5,14H,1-3H3,(H,11,12,13). The van der Waals surface area contributed by atoms with Crippen molar-refractivity contribution < 1.29 is 0 Å². The average molecular weight is 240 g/mol. The molecular weight excluding hydrogens is 228 g/mol. The van der Waals surface area contributed by atoms with Crippen molar-refractivity contribution >= 4 is 34.2 Å². The molecule has 5 heteroatoms. The van der Waals surface area contributed by atoms with Gasteiger partial charge in [0.1, 0.15) is 10.7 Å². The molecule has 0 saturated carbocycles. The number of thiophene rings is 1. The normalized spacial score (nSPS) is 13.3. The summed E-state index contributed by atoms with van der Waals surface area (Å²) in [4.78, 5) is 20.9. The van der Waals surface area contributed by atoms with Crippen LogP contribution in [0.3, 0.4) is 0 Å². The Balaban J connectivity index is 2.85. The number of thiol groups is 1. The van der Waals surface area contributed by atoms with Gasteiger partial charge >= 0.3 is 0 Å². The Morgan fingerprint density at radius 1 is 1.47 bits per heavy atom. The second-order valence-electron chi connectivity index (χ2n) is 3.59. The zero-order chi connectivity index (χ0) is 11.2. The highest BCUT2D eigenvalue weighted by molar-refractivity contribution is 7.80. The van der Waals surface area contributed by atoms with Crippen LogP contribution in [0.1, 0.15) is 28.4 Å². The van der Waals surface area contributed by atoms with E-state index in [-0.39, 0.29) is 10.8 Å². The molecule has 80 valence electrons. The Hall–Kier alpha value is -0.810. The summed E-state index contributed by atoms with van der Waals surface area (Å²) >= 11 is 5.82. The van der Waals surface area contributed by atoms with E-state index in [1.807, 2.05) is 20.8 Å². The molecule has 2 aromatic rings. The van der Waals surface area contributed by atoms with Crippen LogP contribution in [-0.2, 0) is 0 Å². The first-order valence-corrected chi connectivity index (χ1v) is 6.02. The molecule has 2 aromatic heterocycles. The van der Waals surface area contributed by atoms with E-state index in [2.05, 4.69) is 22.6 Å². The number of nitrogens with zero attached hydrogens (tertiary/aromatic N) is 1. The van der Waals surface area contributed by atoms with Crippen LogP contribution >= 0.6 is 24.0 Å². The maximum Gasteiger partial charge on any atom is 0.259 e. The number of hydrogen-bond donors (Lipinski definition) is 2. The van der Waals surface area contributed by atoms with Gasteiger partial charge in [-0.1, -0.05) is 0 Å². The second kappa shape index (κ2) is 3.64. The van der Waals surface area contributed by atoms with Crippen molar-refractivity contribution in [1.29, 1.82) is 0 Å². The molecule has 1 N–H and O–H groups in total. The van der Waals surface area contributed by atoms with E-state index in [0.29, 0.717) is 5.82 Å². The first kappa shape index (κ1) is 10.7. The first-order valence-electron chi connectivity index (χ1n) is 4.68. The van der Waals surface area contributed by atoms with Gasteiger partial charge in [-0.3, -0.25) is 4.79 Å². The molecule has 15 heavy (non-hydrogen) atoms. The van der Waals surface area contributed by atoms with Gasteiger partial charge < -0.3 is 4.98 Å². The fourth-order valence-electron chi connectivity index (χ4n) is 1.47. The third-order valence-corrected chi connectivity index (χ3v) is 3.80. The van der Waals surface area contributed by atoms with E-state index < -0.39 is 0 Å². The number of hydrogen-bond acceptors (Lipinski definition) is 4. The molecule has 0 fully saturated rings. The van der Waals surface area contributed by atoms with Crippen molar-refractivity contribution in [3.63, 3.8) is 0 Å². The number of aromatic amines is 1. The van der Waals surface area contributed by atoms with Crippen molar-refractivity contribution in [3.8, 4) is 0 Å². The zero-order valence-corrected chi connectivity index (χ0v) is 10.5. The molecule has 2 rings (SSSR count). The number of aryl methyl sites for hydroxylation is 2. The molecule has 0 aromatic carbocycles. The predicted molar refractivity (Wildman–Crippen MR) is 67.1 cm³/mol. The fourth-order valence-corrected chi connectivity index (χ4v) is 2.63. The molecule has 0 spiro atoms. The van der Waals surface area contributed by atoms with Crippen LogP contribution in [0.15, 0.2) is 4.79 Å². The average Bonchev–Trinajstić information content (AvgIpc) is 2.42. The molecule has 0 bridgehead atoms. The molecule has 1 atom stereocenters. The molecule has 0 aliphatic rings. The van der Waals surface area contributed by atoms with Crippen LogP contribution in [0, 0.1) is 13.8 Å². The van der Waals surface area contributed by atoms with Gasteiger partial charge in [-0.2, -0.15) is 12.6 Å². The Labute approximate surface area is 97.0 Å². The van der Waals surface area contributed by atoms with E-state index in [4.69, 9.17) is 0 Å². The van der Waals surface area contributed by atoms with Crippen molar-refractivity contribution in [2.45, 2.75) is 26.0 Å². The largest absolute Gasteiger partial charge is 0.309 e. The summed E-state index contributed by atoms with van der Waals surface area (Å²) in [5.41, 5.74) is 0.972. The molecule has 0 saturated heterocycles. The highest BCUT2D eigenvalue weighted by Gasteiger charge is 2.12. The minimum absolute atomic E-state index is 0.0511. The van der Waals surface area contributed by atoms with Crippen LogP contribution in [0.2, 0.25) is 0 Å². The van der Waals surface area contributed by atoms with Crippen LogP contribution in [0.5, 0.6) is 0 Å². The minimum atomic E-state index is -0.0576. The SMILES string of the molecule is Cc1sc2nc(C(C)S)[nH]c(=O)c2c1C. The lowest BCUT2D eigenvalue weighted by atomic mass is 10.2. The quantitative estimate of drug-likeness (QED) is 0.753. The van der Waals surface area contributed by atoms with Gasteiger partial charge in [-0.05, 0) is 26.3 Å². The highest BCUT2D eigenvalue weighted by atomic mass is 32.1. The number of nitrogens with one attached hydrogen (secondary N) is 1. The Bertz CT molecular complexity index is 569. The zero-order valence-electron chi connectivity index (χ0n) is 8.79. The van der Waals surface area contributed by atoms with Crippen molar-refractivity contribution in [2.24, 2.45) is 0 Å². The highest BCUT2D eigenvalue weighted by Crippen LogP contribution is 2.26.